The first kappa shape index (κ1) is 23.3. The number of hydrogen-bond acceptors (Lipinski definition) is 6. The Morgan fingerprint density at radius 1 is 1.03 bits per heavy atom. The lowest BCUT2D eigenvalue weighted by molar-refractivity contribution is -0.116. The number of para-hydroxylation sites is 1. The summed E-state index contributed by atoms with van der Waals surface area (Å²) in [6.45, 7) is 3.20. The molecule has 182 valence electrons. The summed E-state index contributed by atoms with van der Waals surface area (Å²) in [7, 11) is 0. The van der Waals surface area contributed by atoms with Crippen molar-refractivity contribution in [3.05, 3.63) is 89.8 Å². The normalized spacial score (nSPS) is 12.3. The Kier molecular flexibility index (Phi) is 6.75. The Morgan fingerprint density at radius 3 is 2.58 bits per heavy atom. The van der Waals surface area contributed by atoms with Crippen molar-refractivity contribution in [1.82, 2.24) is 10.1 Å². The van der Waals surface area contributed by atoms with E-state index in [1.54, 1.807) is 29.2 Å². The van der Waals surface area contributed by atoms with Crippen molar-refractivity contribution in [2.24, 2.45) is 0 Å². The van der Waals surface area contributed by atoms with Crippen molar-refractivity contribution < 1.29 is 18.8 Å². The van der Waals surface area contributed by atoms with Gasteiger partial charge in [0.2, 0.25) is 17.6 Å². The van der Waals surface area contributed by atoms with Gasteiger partial charge in [0, 0.05) is 41.9 Å². The van der Waals surface area contributed by atoms with E-state index in [0.29, 0.717) is 42.5 Å². The number of carbonyl (C=O) groups excluding carboxylic acids is 2. The average Bonchev–Trinajstić information content (AvgIpc) is 3.56. The molecule has 1 aromatic heterocycles. The molecule has 0 bridgehead atoms. The van der Waals surface area contributed by atoms with Crippen LogP contribution in [0.5, 0.6) is 5.75 Å². The topological polar surface area (TPSA) is 97.6 Å². The Balaban J connectivity index is 1.14. The van der Waals surface area contributed by atoms with Crippen molar-refractivity contribution in [3.8, 4) is 17.1 Å². The van der Waals surface area contributed by atoms with Crippen LogP contribution in [-0.4, -0.2) is 35.1 Å². The number of aromatic nitrogens is 2. The molecule has 1 aliphatic rings. The first-order valence-corrected chi connectivity index (χ1v) is 12.0. The molecule has 0 unspecified atom stereocenters. The van der Waals surface area contributed by atoms with Gasteiger partial charge in [-0.1, -0.05) is 23.4 Å². The van der Waals surface area contributed by atoms with Crippen LogP contribution >= 0.6 is 0 Å². The number of rotatable bonds is 8. The molecule has 0 saturated heterocycles. The summed E-state index contributed by atoms with van der Waals surface area (Å²) >= 11 is 0. The zero-order valence-corrected chi connectivity index (χ0v) is 19.9. The Morgan fingerprint density at radius 2 is 1.81 bits per heavy atom. The SMILES string of the molecule is CCOc1ccc(-c2noc(CCC(=O)Nc3ccc(C(=O)N4CCc5ccccc54)cc3)n2)cc1. The molecule has 0 aliphatic carbocycles. The lowest BCUT2D eigenvalue weighted by atomic mass is 10.1. The minimum absolute atomic E-state index is 0.0439. The molecule has 0 saturated carbocycles. The number of aryl methyl sites for hydroxylation is 1. The second-order valence-corrected chi connectivity index (χ2v) is 8.43. The number of anilines is 2. The quantitative estimate of drug-likeness (QED) is 0.383. The number of amides is 2. The fourth-order valence-electron chi connectivity index (χ4n) is 4.19. The van der Waals surface area contributed by atoms with Gasteiger partial charge in [0.25, 0.3) is 5.91 Å². The molecule has 4 aromatic rings. The second kappa shape index (κ2) is 10.4. The molecule has 8 heteroatoms. The highest BCUT2D eigenvalue weighted by atomic mass is 16.5. The molecule has 8 nitrogen and oxygen atoms in total. The number of carbonyl (C=O) groups is 2. The molecule has 1 aliphatic heterocycles. The molecule has 0 spiro atoms. The average molecular weight is 483 g/mol. The Bertz CT molecular complexity index is 1360. The van der Waals surface area contributed by atoms with E-state index < -0.39 is 0 Å². The van der Waals surface area contributed by atoms with Crippen LogP contribution in [0.25, 0.3) is 11.4 Å². The Labute approximate surface area is 208 Å². The number of fused-ring (bicyclic) bond motifs is 1. The van der Waals surface area contributed by atoms with E-state index in [2.05, 4.69) is 21.5 Å². The van der Waals surface area contributed by atoms with E-state index >= 15 is 0 Å². The third kappa shape index (κ3) is 5.12. The monoisotopic (exact) mass is 482 g/mol. The standard InChI is InChI=1S/C28H26N4O4/c1-2-35-23-13-9-20(10-14-23)27-30-26(36-31-27)16-15-25(33)29-22-11-7-21(8-12-22)28(34)32-18-17-19-5-3-4-6-24(19)32/h3-14H,2,15-18H2,1H3,(H,29,33). The number of nitrogens with one attached hydrogen (secondary N) is 1. The van der Waals surface area contributed by atoms with Crippen molar-refractivity contribution in [1.29, 1.82) is 0 Å². The highest BCUT2D eigenvalue weighted by Gasteiger charge is 2.25. The molecule has 1 N–H and O–H groups in total. The Hall–Kier alpha value is -4.46. The van der Waals surface area contributed by atoms with Gasteiger partial charge in [0.05, 0.1) is 6.61 Å². The maximum atomic E-state index is 13.0. The van der Waals surface area contributed by atoms with Crippen LogP contribution in [0, 0.1) is 0 Å². The molecule has 0 atom stereocenters. The van der Waals surface area contributed by atoms with Gasteiger partial charge in [-0.2, -0.15) is 4.98 Å². The number of hydrogen-bond donors (Lipinski definition) is 1. The zero-order valence-electron chi connectivity index (χ0n) is 19.9. The van der Waals surface area contributed by atoms with Crippen LogP contribution in [0.2, 0.25) is 0 Å². The fraction of sp³-hybridized carbons (Fsp3) is 0.214. The first-order chi connectivity index (χ1) is 17.6. The van der Waals surface area contributed by atoms with Gasteiger partial charge in [-0.3, -0.25) is 9.59 Å². The number of nitrogens with zero attached hydrogens (tertiary/aromatic N) is 3. The van der Waals surface area contributed by atoms with Gasteiger partial charge in [-0.25, -0.2) is 0 Å². The van der Waals surface area contributed by atoms with Crippen LogP contribution in [0.3, 0.4) is 0 Å². The number of ether oxygens (including phenoxy) is 1. The third-order valence-corrected chi connectivity index (χ3v) is 6.01. The van der Waals surface area contributed by atoms with Crippen LogP contribution in [-0.2, 0) is 17.6 Å². The summed E-state index contributed by atoms with van der Waals surface area (Å²) in [5.74, 6) is 1.41. The third-order valence-electron chi connectivity index (χ3n) is 6.01. The summed E-state index contributed by atoms with van der Waals surface area (Å²) in [5, 5.41) is 6.85. The van der Waals surface area contributed by atoms with E-state index in [-0.39, 0.29) is 18.2 Å². The van der Waals surface area contributed by atoms with E-state index in [4.69, 9.17) is 9.26 Å². The molecule has 2 amide bonds. The molecular formula is C28H26N4O4. The van der Waals surface area contributed by atoms with Gasteiger partial charge in [0.1, 0.15) is 5.75 Å². The van der Waals surface area contributed by atoms with Crippen molar-refractivity contribution in [2.75, 3.05) is 23.4 Å². The van der Waals surface area contributed by atoms with E-state index in [9.17, 15) is 9.59 Å². The number of benzene rings is 3. The molecule has 0 fully saturated rings. The maximum absolute atomic E-state index is 13.0. The lowest BCUT2D eigenvalue weighted by Gasteiger charge is -2.17. The second-order valence-electron chi connectivity index (χ2n) is 8.43. The van der Waals surface area contributed by atoms with Gasteiger partial charge in [-0.15, -0.1) is 0 Å². The van der Waals surface area contributed by atoms with Crippen LogP contribution in [0.15, 0.2) is 77.3 Å². The fourth-order valence-corrected chi connectivity index (χ4v) is 4.19. The molecule has 5 rings (SSSR count). The molecule has 0 radical (unpaired) electrons. The predicted octanol–water partition coefficient (Wildman–Crippen LogP) is 4.91. The summed E-state index contributed by atoms with van der Waals surface area (Å²) in [6, 6.07) is 22.3. The summed E-state index contributed by atoms with van der Waals surface area (Å²) in [5.41, 5.74) is 4.16. The minimum Gasteiger partial charge on any atom is -0.494 e. The molecule has 36 heavy (non-hydrogen) atoms. The summed E-state index contributed by atoms with van der Waals surface area (Å²) in [6.07, 6.45) is 1.37. The largest absolute Gasteiger partial charge is 0.494 e. The molecule has 2 heterocycles. The van der Waals surface area contributed by atoms with Crippen molar-refractivity contribution in [3.63, 3.8) is 0 Å². The van der Waals surface area contributed by atoms with Crippen LogP contribution in [0.4, 0.5) is 11.4 Å². The van der Waals surface area contributed by atoms with Gasteiger partial charge in [-0.05, 0) is 73.5 Å². The van der Waals surface area contributed by atoms with Crippen LogP contribution < -0.4 is 15.0 Å². The van der Waals surface area contributed by atoms with E-state index in [1.807, 2.05) is 49.4 Å². The molecular weight excluding hydrogens is 456 g/mol. The smallest absolute Gasteiger partial charge is 0.258 e. The summed E-state index contributed by atoms with van der Waals surface area (Å²) < 4.78 is 10.7. The van der Waals surface area contributed by atoms with Crippen molar-refractivity contribution in [2.45, 2.75) is 26.2 Å². The van der Waals surface area contributed by atoms with Crippen LogP contribution in [0.1, 0.15) is 35.2 Å². The summed E-state index contributed by atoms with van der Waals surface area (Å²) in [4.78, 5) is 31.6. The predicted molar refractivity (Wildman–Crippen MR) is 136 cm³/mol. The molecule has 3 aromatic carbocycles. The van der Waals surface area contributed by atoms with Gasteiger partial charge >= 0.3 is 0 Å². The van der Waals surface area contributed by atoms with Gasteiger partial charge in [0.15, 0.2) is 0 Å². The maximum Gasteiger partial charge on any atom is 0.258 e. The minimum atomic E-state index is -0.177. The van der Waals surface area contributed by atoms with E-state index in [0.717, 1.165) is 23.4 Å². The highest BCUT2D eigenvalue weighted by molar-refractivity contribution is 6.07. The highest BCUT2D eigenvalue weighted by Crippen LogP contribution is 2.29. The van der Waals surface area contributed by atoms with Gasteiger partial charge < -0.3 is 19.5 Å². The first-order valence-electron chi connectivity index (χ1n) is 12.0. The van der Waals surface area contributed by atoms with E-state index in [1.165, 1.54) is 5.56 Å². The van der Waals surface area contributed by atoms with Crippen molar-refractivity contribution >= 4 is 23.2 Å². The zero-order chi connectivity index (χ0) is 24.9. The lowest BCUT2D eigenvalue weighted by Crippen LogP contribution is -2.28.